The monoisotopic (exact) mass is 457 g/mol. The molecule has 0 unspecified atom stereocenters. The van der Waals surface area contributed by atoms with Crippen LogP contribution in [0.2, 0.25) is 5.02 Å². The summed E-state index contributed by atoms with van der Waals surface area (Å²) in [5.74, 6) is 1.06. The number of halogens is 4. The number of pyridine rings is 1. The minimum Gasteiger partial charge on any atom is -0.493 e. The molecule has 6 nitrogen and oxygen atoms in total. The van der Waals surface area contributed by atoms with Gasteiger partial charge < -0.3 is 19.7 Å². The quantitative estimate of drug-likeness (QED) is 0.660. The topological polar surface area (TPSA) is 63.7 Å². The molecular weight excluding hydrogens is 435 g/mol. The van der Waals surface area contributed by atoms with E-state index in [9.17, 15) is 18.0 Å². The van der Waals surface area contributed by atoms with E-state index < -0.39 is 11.7 Å². The number of anilines is 2. The number of aromatic nitrogens is 1. The van der Waals surface area contributed by atoms with E-state index in [0.717, 1.165) is 12.3 Å². The molecule has 1 N–H and O–H groups in total. The summed E-state index contributed by atoms with van der Waals surface area (Å²) in [5, 5.41) is 2.84. The van der Waals surface area contributed by atoms with Crippen LogP contribution in [0.15, 0.2) is 30.5 Å². The molecule has 2 aromatic rings. The molecule has 1 aromatic carbocycles. The number of nitrogens with zero attached hydrogens (tertiary/aromatic N) is 2. The maximum absolute atomic E-state index is 12.8. The van der Waals surface area contributed by atoms with E-state index in [4.69, 9.17) is 21.1 Å². The smallest absolute Gasteiger partial charge is 0.417 e. The Labute approximate surface area is 183 Å². The third-order valence-electron chi connectivity index (χ3n) is 5.05. The fraction of sp³-hybridized carbons (Fsp3) is 0.429. The van der Waals surface area contributed by atoms with Gasteiger partial charge in [0.1, 0.15) is 5.82 Å². The van der Waals surface area contributed by atoms with E-state index >= 15 is 0 Å². The maximum Gasteiger partial charge on any atom is 0.417 e. The summed E-state index contributed by atoms with van der Waals surface area (Å²) in [6, 6.07) is 6.05. The third-order valence-corrected chi connectivity index (χ3v) is 5.32. The molecule has 0 spiro atoms. The van der Waals surface area contributed by atoms with Gasteiger partial charge in [0, 0.05) is 37.0 Å². The van der Waals surface area contributed by atoms with Crippen LogP contribution in [-0.2, 0) is 11.0 Å². The van der Waals surface area contributed by atoms with E-state index in [-0.39, 0.29) is 16.8 Å². The zero-order valence-corrected chi connectivity index (χ0v) is 17.9. The number of nitrogens with one attached hydrogen (secondary N) is 1. The Balaban J connectivity index is 1.61. The van der Waals surface area contributed by atoms with Crippen molar-refractivity contribution in [2.75, 3.05) is 37.0 Å². The van der Waals surface area contributed by atoms with E-state index in [0.29, 0.717) is 55.5 Å². The molecule has 31 heavy (non-hydrogen) atoms. The lowest BCUT2D eigenvalue weighted by Gasteiger charge is -2.32. The van der Waals surface area contributed by atoms with Crippen LogP contribution in [-0.4, -0.2) is 37.7 Å². The zero-order valence-electron chi connectivity index (χ0n) is 17.1. The summed E-state index contributed by atoms with van der Waals surface area (Å²) in [6.07, 6.45) is -2.66. The van der Waals surface area contributed by atoms with Crippen molar-refractivity contribution >= 4 is 29.0 Å². The molecule has 3 rings (SSSR count). The Morgan fingerprint density at radius 1 is 1.26 bits per heavy atom. The van der Waals surface area contributed by atoms with Crippen molar-refractivity contribution in [1.82, 2.24) is 4.98 Å². The predicted molar refractivity (Wildman–Crippen MR) is 112 cm³/mol. The number of carbonyl (C=O) groups is 1. The summed E-state index contributed by atoms with van der Waals surface area (Å²) < 4.78 is 49.2. The number of benzene rings is 1. The van der Waals surface area contributed by atoms with E-state index in [2.05, 4.69) is 10.3 Å². The number of rotatable bonds is 6. The molecule has 0 radical (unpaired) electrons. The van der Waals surface area contributed by atoms with Crippen LogP contribution >= 0.6 is 11.6 Å². The molecule has 1 amide bonds. The van der Waals surface area contributed by atoms with Gasteiger partial charge in [-0.15, -0.1) is 0 Å². The number of methoxy groups -OCH3 is 1. The van der Waals surface area contributed by atoms with Crippen LogP contribution in [0.3, 0.4) is 0 Å². The van der Waals surface area contributed by atoms with Gasteiger partial charge in [0.05, 0.1) is 24.3 Å². The predicted octanol–water partition coefficient (Wildman–Crippen LogP) is 5.02. The van der Waals surface area contributed by atoms with Gasteiger partial charge in [-0.25, -0.2) is 4.98 Å². The third kappa shape index (κ3) is 5.52. The lowest BCUT2D eigenvalue weighted by Crippen LogP contribution is -2.38. The molecule has 1 fully saturated rings. The molecule has 1 saturated heterocycles. The van der Waals surface area contributed by atoms with Crippen molar-refractivity contribution in [3.05, 3.63) is 41.0 Å². The lowest BCUT2D eigenvalue weighted by molar-refractivity contribution is -0.137. The Bertz CT molecular complexity index is 932. The molecule has 10 heteroatoms. The Morgan fingerprint density at radius 3 is 2.55 bits per heavy atom. The number of amides is 1. The highest BCUT2D eigenvalue weighted by atomic mass is 35.5. The van der Waals surface area contributed by atoms with Crippen molar-refractivity contribution in [3.63, 3.8) is 0 Å². The summed E-state index contributed by atoms with van der Waals surface area (Å²) in [4.78, 5) is 18.4. The second-order valence-corrected chi connectivity index (χ2v) is 7.48. The Morgan fingerprint density at radius 2 is 1.97 bits per heavy atom. The van der Waals surface area contributed by atoms with Crippen LogP contribution < -0.4 is 19.7 Å². The minimum atomic E-state index is -4.50. The molecule has 0 atom stereocenters. The van der Waals surface area contributed by atoms with Crippen molar-refractivity contribution in [2.24, 2.45) is 5.92 Å². The van der Waals surface area contributed by atoms with Crippen LogP contribution in [0.1, 0.15) is 25.3 Å². The maximum atomic E-state index is 12.8. The molecule has 1 aliphatic rings. The second kappa shape index (κ2) is 9.64. The van der Waals surface area contributed by atoms with Crippen molar-refractivity contribution < 1.29 is 27.4 Å². The van der Waals surface area contributed by atoms with Crippen molar-refractivity contribution in [1.29, 1.82) is 0 Å². The van der Waals surface area contributed by atoms with Crippen LogP contribution in [0.4, 0.5) is 24.7 Å². The van der Waals surface area contributed by atoms with Gasteiger partial charge in [0.15, 0.2) is 11.5 Å². The first-order chi connectivity index (χ1) is 14.7. The van der Waals surface area contributed by atoms with Gasteiger partial charge in [-0.3, -0.25) is 4.79 Å². The van der Waals surface area contributed by atoms with Gasteiger partial charge in [0.25, 0.3) is 0 Å². The van der Waals surface area contributed by atoms with Crippen molar-refractivity contribution in [3.8, 4) is 11.5 Å². The van der Waals surface area contributed by atoms with E-state index in [1.807, 2.05) is 6.92 Å². The van der Waals surface area contributed by atoms with E-state index in [1.54, 1.807) is 30.2 Å². The number of hydrogen-bond donors (Lipinski definition) is 1. The first kappa shape index (κ1) is 23.0. The molecule has 0 saturated carbocycles. The molecule has 1 aromatic heterocycles. The number of ether oxygens (including phenoxy) is 2. The molecule has 1 aliphatic heterocycles. The Kier molecular flexibility index (Phi) is 7.15. The summed E-state index contributed by atoms with van der Waals surface area (Å²) in [5.41, 5.74) is -0.287. The SMILES string of the molecule is CCOc1cc(NC(=O)C2CCN(c3ncc(C(F)(F)F)cc3Cl)CC2)ccc1OC. The molecule has 0 bridgehead atoms. The summed E-state index contributed by atoms with van der Waals surface area (Å²) in [7, 11) is 1.54. The molecule has 0 aliphatic carbocycles. The first-order valence-electron chi connectivity index (χ1n) is 9.82. The number of piperidine rings is 1. The van der Waals surface area contributed by atoms with Crippen molar-refractivity contribution in [2.45, 2.75) is 25.9 Å². The van der Waals surface area contributed by atoms with Gasteiger partial charge in [0.2, 0.25) is 5.91 Å². The molecule has 2 heterocycles. The number of carbonyl (C=O) groups excluding carboxylic acids is 1. The normalized spacial score (nSPS) is 15.0. The fourth-order valence-corrected chi connectivity index (χ4v) is 3.72. The fourth-order valence-electron chi connectivity index (χ4n) is 3.44. The first-order valence-corrected chi connectivity index (χ1v) is 10.2. The van der Waals surface area contributed by atoms with Crippen LogP contribution in [0, 0.1) is 5.92 Å². The standard InChI is InChI=1S/C21H23ClF3N3O3/c1-3-31-18-11-15(4-5-17(18)30-2)27-20(29)13-6-8-28(9-7-13)19-16(22)10-14(12-26-19)21(23,24)25/h4-5,10-13H,3,6-9H2,1-2H3,(H,27,29). The van der Waals surface area contributed by atoms with E-state index in [1.165, 1.54) is 0 Å². The second-order valence-electron chi connectivity index (χ2n) is 7.08. The highest BCUT2D eigenvalue weighted by Crippen LogP contribution is 2.35. The van der Waals surface area contributed by atoms with Gasteiger partial charge in [-0.05, 0) is 38.0 Å². The highest BCUT2D eigenvalue weighted by molar-refractivity contribution is 6.33. The molecular formula is C21H23ClF3N3O3. The lowest BCUT2D eigenvalue weighted by atomic mass is 9.95. The van der Waals surface area contributed by atoms with Gasteiger partial charge >= 0.3 is 6.18 Å². The van der Waals surface area contributed by atoms with Crippen LogP contribution in [0.25, 0.3) is 0 Å². The summed E-state index contributed by atoms with van der Waals surface area (Å²) in [6.45, 7) is 3.25. The summed E-state index contributed by atoms with van der Waals surface area (Å²) >= 11 is 6.03. The van der Waals surface area contributed by atoms with Gasteiger partial charge in [-0.2, -0.15) is 13.2 Å². The minimum absolute atomic E-state index is 0.0561. The largest absolute Gasteiger partial charge is 0.493 e. The molecule has 168 valence electrons. The Hall–Kier alpha value is -2.68. The average molecular weight is 458 g/mol. The average Bonchev–Trinajstić information content (AvgIpc) is 2.73. The van der Waals surface area contributed by atoms with Gasteiger partial charge in [-0.1, -0.05) is 11.6 Å². The van der Waals surface area contributed by atoms with Crippen LogP contribution in [0.5, 0.6) is 11.5 Å². The number of hydrogen-bond acceptors (Lipinski definition) is 5. The highest BCUT2D eigenvalue weighted by Gasteiger charge is 2.33. The zero-order chi connectivity index (χ0) is 22.6. The number of alkyl halides is 3.